The summed E-state index contributed by atoms with van der Waals surface area (Å²) in [5.74, 6) is 5.39. The highest BCUT2D eigenvalue weighted by atomic mass is 32.2. The van der Waals surface area contributed by atoms with Gasteiger partial charge in [-0.3, -0.25) is 9.59 Å². The summed E-state index contributed by atoms with van der Waals surface area (Å²) in [5, 5.41) is 8.70. The Hall–Kier alpha value is -2.32. The van der Waals surface area contributed by atoms with Crippen molar-refractivity contribution in [1.82, 2.24) is 0 Å². The highest BCUT2D eigenvalue weighted by Crippen LogP contribution is 2.17. The summed E-state index contributed by atoms with van der Waals surface area (Å²) in [6, 6.07) is 15.8. The molecule has 0 heterocycles. The normalized spacial score (nSPS) is 10.8. The lowest BCUT2D eigenvalue weighted by molar-refractivity contribution is -0.140. The van der Waals surface area contributed by atoms with Crippen molar-refractivity contribution in [2.24, 2.45) is 0 Å². The van der Waals surface area contributed by atoms with E-state index in [1.807, 2.05) is 72.1 Å². The Balaban J connectivity index is 0.000000550. The minimum atomic E-state index is -0.755. The van der Waals surface area contributed by atoms with Crippen molar-refractivity contribution in [1.29, 1.82) is 0 Å². The maximum absolute atomic E-state index is 11.2. The third kappa shape index (κ3) is 33.5. The first-order valence-electron chi connectivity index (χ1n) is 21.9. The predicted octanol–water partition coefficient (Wildman–Crippen LogP) is 13.6. The van der Waals surface area contributed by atoms with Gasteiger partial charge in [-0.25, -0.2) is 0 Å². The second kappa shape index (κ2) is 38.5. The summed E-state index contributed by atoms with van der Waals surface area (Å²) in [4.78, 5) is 21.7. The van der Waals surface area contributed by atoms with Crippen molar-refractivity contribution in [3.05, 3.63) is 59.7 Å². The first kappa shape index (κ1) is 50.7. The molecule has 0 bridgehead atoms. The topological polar surface area (TPSA) is 82.1 Å². The molecule has 55 heavy (non-hydrogen) atoms. The van der Waals surface area contributed by atoms with Gasteiger partial charge in [0.15, 0.2) is 0 Å². The number of rotatable bonds is 36. The van der Waals surface area contributed by atoms with Gasteiger partial charge >= 0.3 is 11.9 Å². The first-order valence-corrected chi connectivity index (χ1v) is 24.2. The van der Waals surface area contributed by atoms with Gasteiger partial charge < -0.3 is 19.3 Å². The molecule has 0 unspecified atom stereocenters. The molecule has 0 atom stereocenters. The molecule has 2 aromatic rings. The minimum absolute atomic E-state index is 0.167. The number of carbonyl (C=O) groups excluding carboxylic acids is 1. The van der Waals surface area contributed by atoms with E-state index in [2.05, 4.69) is 18.6 Å². The first-order chi connectivity index (χ1) is 27.0. The van der Waals surface area contributed by atoms with Crippen molar-refractivity contribution < 1.29 is 28.9 Å². The number of unbranched alkanes of at least 4 members (excludes halogenated alkanes) is 18. The van der Waals surface area contributed by atoms with Crippen molar-refractivity contribution in [3.63, 3.8) is 0 Å². The highest BCUT2D eigenvalue weighted by molar-refractivity contribution is 7.99. The van der Waals surface area contributed by atoms with Gasteiger partial charge in [0.2, 0.25) is 0 Å². The second-order valence-electron chi connectivity index (χ2n) is 14.5. The Morgan fingerprint density at radius 1 is 0.491 bits per heavy atom. The largest absolute Gasteiger partial charge is 0.493 e. The van der Waals surface area contributed by atoms with E-state index in [-0.39, 0.29) is 12.4 Å². The van der Waals surface area contributed by atoms with Crippen LogP contribution >= 0.6 is 23.5 Å². The van der Waals surface area contributed by atoms with E-state index in [0.717, 1.165) is 47.3 Å². The molecule has 0 aromatic heterocycles. The average molecular weight is 803 g/mol. The van der Waals surface area contributed by atoms with Crippen LogP contribution in [0.5, 0.6) is 11.5 Å². The Labute approximate surface area is 345 Å². The Morgan fingerprint density at radius 3 is 1.18 bits per heavy atom. The molecule has 0 aliphatic rings. The van der Waals surface area contributed by atoms with Gasteiger partial charge in [-0.1, -0.05) is 154 Å². The van der Waals surface area contributed by atoms with Crippen LogP contribution in [0.15, 0.2) is 48.5 Å². The summed E-state index contributed by atoms with van der Waals surface area (Å²) < 4.78 is 16.2. The van der Waals surface area contributed by atoms with Crippen LogP contribution in [0.2, 0.25) is 0 Å². The number of methoxy groups -OCH3 is 1. The Bertz CT molecular complexity index is 1140. The van der Waals surface area contributed by atoms with Gasteiger partial charge in [-0.2, -0.15) is 23.5 Å². The maximum atomic E-state index is 11.2. The summed E-state index contributed by atoms with van der Waals surface area (Å²) in [6.07, 6.45) is 29.7. The smallest absolute Gasteiger partial charge is 0.305 e. The molecule has 0 aliphatic carbocycles. The fourth-order valence-corrected chi connectivity index (χ4v) is 7.76. The molecule has 0 saturated carbocycles. The zero-order valence-electron chi connectivity index (χ0n) is 35.1. The number of carboxylic acids is 1. The predicted molar refractivity (Wildman–Crippen MR) is 239 cm³/mol. The third-order valence-electron chi connectivity index (χ3n) is 9.60. The number of carbonyl (C=O) groups is 2. The number of aryl methyl sites for hydroxylation is 2. The zero-order valence-corrected chi connectivity index (χ0v) is 36.8. The number of esters is 1. The van der Waals surface area contributed by atoms with E-state index >= 15 is 0 Å². The van der Waals surface area contributed by atoms with Crippen LogP contribution in [-0.2, 0) is 27.2 Å². The standard InChI is InChI=1S/C24H40O3S.C23H38O3S/c1-3-4-5-6-7-8-9-10-11-12-20-28-21-19-27-23-16-13-22(14-17-23)15-18-24(25)26-2;1-2-3-4-5-6-7-8-9-10-11-19-27-20-18-26-22-15-12-21(13-16-22)14-17-23(24)25/h13-14,16-17H,3-12,15,18-21H2,1-2H3;12-13,15-16H,2-11,14,17-20H2,1H3,(H,24,25). The van der Waals surface area contributed by atoms with Crippen molar-refractivity contribution in [2.75, 3.05) is 43.3 Å². The van der Waals surface area contributed by atoms with Crippen LogP contribution in [0.1, 0.15) is 166 Å². The molecule has 0 aliphatic heterocycles. The van der Waals surface area contributed by atoms with Gasteiger partial charge in [-0.15, -0.1) is 0 Å². The maximum Gasteiger partial charge on any atom is 0.305 e. The number of hydrogen-bond acceptors (Lipinski definition) is 7. The van der Waals surface area contributed by atoms with Gasteiger partial charge in [0.05, 0.1) is 20.3 Å². The zero-order chi connectivity index (χ0) is 39.9. The molecule has 6 nitrogen and oxygen atoms in total. The van der Waals surface area contributed by atoms with Crippen LogP contribution in [0, 0.1) is 0 Å². The number of benzene rings is 2. The number of ether oxygens (including phenoxy) is 3. The molecule has 1 N–H and O–H groups in total. The van der Waals surface area contributed by atoms with E-state index in [0.29, 0.717) is 19.3 Å². The third-order valence-corrected chi connectivity index (χ3v) is 11.7. The summed E-state index contributed by atoms with van der Waals surface area (Å²) in [6.45, 7) is 6.03. The molecule has 0 saturated heterocycles. The Morgan fingerprint density at radius 2 is 0.836 bits per heavy atom. The molecule has 2 aromatic carbocycles. The van der Waals surface area contributed by atoms with E-state index in [4.69, 9.17) is 14.6 Å². The molecule has 2 rings (SSSR count). The average Bonchev–Trinajstić information content (AvgIpc) is 3.20. The second-order valence-corrected chi connectivity index (χ2v) is 17.0. The van der Waals surface area contributed by atoms with Crippen LogP contribution in [0.3, 0.4) is 0 Å². The van der Waals surface area contributed by atoms with Crippen molar-refractivity contribution >= 4 is 35.5 Å². The number of carboxylic acid groups (broad SMARTS) is 1. The van der Waals surface area contributed by atoms with Gasteiger partial charge in [0, 0.05) is 24.3 Å². The molecular formula is C47H78O6S2. The highest BCUT2D eigenvalue weighted by Gasteiger charge is 2.03. The van der Waals surface area contributed by atoms with Crippen LogP contribution < -0.4 is 9.47 Å². The molecule has 0 fully saturated rings. The molecule has 0 radical (unpaired) electrons. The fraction of sp³-hybridized carbons (Fsp3) is 0.702. The van der Waals surface area contributed by atoms with E-state index in [1.54, 1.807) is 0 Å². The quantitative estimate of drug-likeness (QED) is 0.0539. The number of thioether (sulfide) groups is 2. The number of hydrogen-bond donors (Lipinski definition) is 1. The van der Waals surface area contributed by atoms with Crippen LogP contribution in [0.25, 0.3) is 0 Å². The van der Waals surface area contributed by atoms with Gasteiger partial charge in [0.1, 0.15) is 11.5 Å². The summed E-state index contributed by atoms with van der Waals surface area (Å²) >= 11 is 3.96. The van der Waals surface area contributed by atoms with Crippen LogP contribution in [0.4, 0.5) is 0 Å². The Kier molecular flexibility index (Phi) is 35.5. The van der Waals surface area contributed by atoms with Gasteiger partial charge in [0.25, 0.3) is 0 Å². The molecular weight excluding hydrogens is 725 g/mol. The van der Waals surface area contributed by atoms with Crippen molar-refractivity contribution in [2.45, 2.75) is 168 Å². The van der Waals surface area contributed by atoms with Crippen molar-refractivity contribution in [3.8, 4) is 11.5 Å². The molecule has 0 spiro atoms. The molecule has 314 valence electrons. The molecule has 0 amide bonds. The minimum Gasteiger partial charge on any atom is -0.493 e. The van der Waals surface area contributed by atoms with E-state index in [9.17, 15) is 9.59 Å². The molecule has 8 heteroatoms. The number of aliphatic carboxylic acids is 1. The lowest BCUT2D eigenvalue weighted by Crippen LogP contribution is -2.02. The lowest BCUT2D eigenvalue weighted by Gasteiger charge is -2.07. The SMILES string of the molecule is CCCCCCCCCCCCSCCOc1ccc(CCC(=O)O)cc1.CCCCCCCCCCCCSCCOc1ccc(CCC(=O)OC)cc1. The van der Waals surface area contributed by atoms with E-state index < -0.39 is 5.97 Å². The van der Waals surface area contributed by atoms with E-state index in [1.165, 1.54) is 147 Å². The lowest BCUT2D eigenvalue weighted by atomic mass is 10.1. The summed E-state index contributed by atoms with van der Waals surface area (Å²) in [5.41, 5.74) is 2.17. The van der Waals surface area contributed by atoms with Gasteiger partial charge in [-0.05, 0) is 72.6 Å². The fourth-order valence-electron chi connectivity index (χ4n) is 6.13. The van der Waals surface area contributed by atoms with Crippen LogP contribution in [-0.4, -0.2) is 60.4 Å². The summed E-state index contributed by atoms with van der Waals surface area (Å²) in [7, 11) is 1.42. The monoisotopic (exact) mass is 803 g/mol.